The summed E-state index contributed by atoms with van der Waals surface area (Å²) in [6.07, 6.45) is 2.54. The number of H-pyrrole nitrogens is 1. The van der Waals surface area contributed by atoms with Gasteiger partial charge in [0.1, 0.15) is 5.82 Å². The first-order valence-corrected chi connectivity index (χ1v) is 10.1. The number of amides is 1. The summed E-state index contributed by atoms with van der Waals surface area (Å²) >= 11 is 0. The third-order valence-electron chi connectivity index (χ3n) is 4.96. The van der Waals surface area contributed by atoms with Crippen molar-refractivity contribution in [1.29, 1.82) is 0 Å². The fourth-order valence-electron chi connectivity index (χ4n) is 3.35. The average Bonchev–Trinajstić information content (AvgIpc) is 3.52. The highest BCUT2D eigenvalue weighted by molar-refractivity contribution is 6.06. The molecule has 0 saturated carbocycles. The summed E-state index contributed by atoms with van der Waals surface area (Å²) < 4.78 is 1.74. The molecule has 0 aliphatic heterocycles. The number of carbonyl (C=O) groups is 1. The van der Waals surface area contributed by atoms with E-state index in [1.807, 2.05) is 42.5 Å². The number of carbonyl (C=O) groups excluding carboxylic acids is 1. The number of tetrazole rings is 1. The molecule has 10 nitrogen and oxygen atoms in total. The van der Waals surface area contributed by atoms with Crippen LogP contribution in [0.5, 0.6) is 0 Å². The summed E-state index contributed by atoms with van der Waals surface area (Å²) in [6, 6.07) is 18.4. The van der Waals surface area contributed by atoms with Gasteiger partial charge in [0.15, 0.2) is 5.65 Å². The largest absolute Gasteiger partial charge is 0.340 e. The first kappa shape index (κ1) is 19.4. The van der Waals surface area contributed by atoms with Crippen LogP contribution in [-0.4, -0.2) is 41.1 Å². The average molecular weight is 425 g/mol. The second-order valence-corrected chi connectivity index (χ2v) is 7.02. The number of hydrogen-bond donors (Lipinski definition) is 3. The monoisotopic (exact) mass is 425 g/mol. The van der Waals surface area contributed by atoms with Gasteiger partial charge < -0.3 is 10.6 Å². The number of aryl methyl sites for hydroxylation is 1. The Labute approximate surface area is 182 Å². The van der Waals surface area contributed by atoms with Crippen LogP contribution in [0.25, 0.3) is 17.0 Å². The second-order valence-electron chi connectivity index (χ2n) is 7.02. The zero-order chi connectivity index (χ0) is 21.9. The summed E-state index contributed by atoms with van der Waals surface area (Å²) in [7, 11) is 0. The molecule has 0 fully saturated rings. The predicted molar refractivity (Wildman–Crippen MR) is 120 cm³/mol. The molecule has 10 heteroatoms. The number of para-hydroxylation sites is 1. The number of anilines is 3. The van der Waals surface area contributed by atoms with E-state index in [2.05, 4.69) is 48.3 Å². The summed E-state index contributed by atoms with van der Waals surface area (Å²) in [6.45, 7) is 2.06. The molecule has 0 spiro atoms. The lowest BCUT2D eigenvalue weighted by molar-refractivity contribution is 0.102. The van der Waals surface area contributed by atoms with E-state index < -0.39 is 0 Å². The number of benzene rings is 2. The van der Waals surface area contributed by atoms with Crippen LogP contribution in [0.2, 0.25) is 0 Å². The molecule has 3 N–H and O–H groups in total. The Morgan fingerprint density at radius 2 is 1.94 bits per heavy atom. The quantitative estimate of drug-likeness (QED) is 0.380. The Kier molecular flexibility index (Phi) is 5.00. The maximum Gasteiger partial charge on any atom is 0.255 e. The third kappa shape index (κ3) is 3.76. The standard InChI is InChI=1S/C22H19N9O/c1-2-15-13-20(31-19(24-15)11-12-23-31)25-16-9-7-14(8-10-16)22(32)26-18-6-4-3-5-17(18)21-27-29-30-28-21/h3-13,25H,2H2,1H3,(H,26,32)(H,27,28,29,30). The molecule has 0 saturated heterocycles. The Morgan fingerprint density at radius 3 is 2.72 bits per heavy atom. The molecule has 0 bridgehead atoms. The Hall–Kier alpha value is -4.60. The van der Waals surface area contributed by atoms with Crippen LogP contribution in [0, 0.1) is 0 Å². The van der Waals surface area contributed by atoms with Crippen molar-refractivity contribution in [3.63, 3.8) is 0 Å². The number of nitrogens with zero attached hydrogens (tertiary/aromatic N) is 6. The molecule has 32 heavy (non-hydrogen) atoms. The van der Waals surface area contributed by atoms with Crippen molar-refractivity contribution >= 4 is 28.7 Å². The van der Waals surface area contributed by atoms with Crippen LogP contribution < -0.4 is 10.6 Å². The van der Waals surface area contributed by atoms with Gasteiger partial charge in [-0.15, -0.1) is 10.2 Å². The van der Waals surface area contributed by atoms with E-state index in [-0.39, 0.29) is 5.91 Å². The summed E-state index contributed by atoms with van der Waals surface area (Å²) in [5, 5.41) is 24.6. The molecule has 158 valence electrons. The minimum absolute atomic E-state index is 0.237. The zero-order valence-electron chi connectivity index (χ0n) is 17.1. The minimum Gasteiger partial charge on any atom is -0.340 e. The fourth-order valence-corrected chi connectivity index (χ4v) is 3.35. The molecular formula is C22H19N9O. The number of aromatic amines is 1. The molecule has 0 atom stereocenters. The smallest absolute Gasteiger partial charge is 0.255 e. The molecular weight excluding hydrogens is 406 g/mol. The third-order valence-corrected chi connectivity index (χ3v) is 4.96. The van der Waals surface area contributed by atoms with Crippen LogP contribution in [0.15, 0.2) is 66.9 Å². The van der Waals surface area contributed by atoms with Crippen LogP contribution in [0.3, 0.4) is 0 Å². The van der Waals surface area contributed by atoms with E-state index in [4.69, 9.17) is 0 Å². The summed E-state index contributed by atoms with van der Waals surface area (Å²) in [5.41, 5.74) is 4.39. The van der Waals surface area contributed by atoms with Gasteiger partial charge in [-0.1, -0.05) is 19.1 Å². The van der Waals surface area contributed by atoms with Crippen molar-refractivity contribution in [2.24, 2.45) is 0 Å². The van der Waals surface area contributed by atoms with Crippen molar-refractivity contribution in [2.75, 3.05) is 10.6 Å². The second kappa shape index (κ2) is 8.26. The molecule has 0 unspecified atom stereocenters. The van der Waals surface area contributed by atoms with E-state index in [9.17, 15) is 4.79 Å². The zero-order valence-corrected chi connectivity index (χ0v) is 17.1. The van der Waals surface area contributed by atoms with Gasteiger partial charge in [-0.05, 0) is 48.0 Å². The van der Waals surface area contributed by atoms with Crippen molar-refractivity contribution in [3.05, 3.63) is 78.1 Å². The van der Waals surface area contributed by atoms with E-state index in [0.29, 0.717) is 22.6 Å². The van der Waals surface area contributed by atoms with Gasteiger partial charge in [0.2, 0.25) is 5.82 Å². The number of hydrogen-bond acceptors (Lipinski definition) is 7. The Balaban J connectivity index is 1.35. The molecule has 1 amide bonds. The van der Waals surface area contributed by atoms with Crippen molar-refractivity contribution in [2.45, 2.75) is 13.3 Å². The van der Waals surface area contributed by atoms with Gasteiger partial charge in [0, 0.05) is 34.6 Å². The maximum atomic E-state index is 12.8. The number of nitrogens with one attached hydrogen (secondary N) is 3. The lowest BCUT2D eigenvalue weighted by Crippen LogP contribution is -2.12. The van der Waals surface area contributed by atoms with Crippen molar-refractivity contribution in [3.8, 4) is 11.4 Å². The van der Waals surface area contributed by atoms with E-state index in [0.717, 1.165) is 29.3 Å². The Bertz CT molecular complexity index is 1370. The number of aromatic nitrogens is 7. The fraction of sp³-hybridized carbons (Fsp3) is 0.0909. The molecule has 2 aromatic carbocycles. The first-order valence-electron chi connectivity index (χ1n) is 10.1. The highest BCUT2D eigenvalue weighted by Gasteiger charge is 2.13. The predicted octanol–water partition coefficient (Wildman–Crippen LogP) is 3.47. The topological polar surface area (TPSA) is 126 Å². The molecule has 0 aliphatic rings. The summed E-state index contributed by atoms with van der Waals surface area (Å²) in [5.74, 6) is 0.983. The number of fused-ring (bicyclic) bond motifs is 1. The first-order chi connectivity index (χ1) is 15.7. The van der Waals surface area contributed by atoms with Crippen LogP contribution in [0.4, 0.5) is 17.2 Å². The van der Waals surface area contributed by atoms with Gasteiger partial charge in [0.25, 0.3) is 5.91 Å². The molecule has 5 rings (SSSR count). The highest BCUT2D eigenvalue weighted by Crippen LogP contribution is 2.25. The van der Waals surface area contributed by atoms with Crippen LogP contribution in [0.1, 0.15) is 23.0 Å². The molecule has 0 aliphatic carbocycles. The van der Waals surface area contributed by atoms with Gasteiger partial charge >= 0.3 is 0 Å². The SMILES string of the molecule is CCc1cc(Nc2ccc(C(=O)Nc3ccccc3-c3nn[nH]n3)cc2)n2nccc2n1. The number of rotatable bonds is 6. The van der Waals surface area contributed by atoms with Crippen LogP contribution >= 0.6 is 0 Å². The van der Waals surface area contributed by atoms with E-state index >= 15 is 0 Å². The highest BCUT2D eigenvalue weighted by atomic mass is 16.1. The lowest BCUT2D eigenvalue weighted by Gasteiger charge is -2.11. The minimum atomic E-state index is -0.237. The van der Waals surface area contributed by atoms with Gasteiger partial charge in [-0.2, -0.15) is 14.8 Å². The Morgan fingerprint density at radius 1 is 1.09 bits per heavy atom. The normalized spacial score (nSPS) is 10.9. The van der Waals surface area contributed by atoms with E-state index in [1.165, 1.54) is 0 Å². The summed E-state index contributed by atoms with van der Waals surface area (Å²) in [4.78, 5) is 17.4. The van der Waals surface area contributed by atoms with Crippen molar-refractivity contribution in [1.82, 2.24) is 35.2 Å². The van der Waals surface area contributed by atoms with Gasteiger partial charge in [0.05, 0.1) is 11.9 Å². The maximum absolute atomic E-state index is 12.8. The van der Waals surface area contributed by atoms with Gasteiger partial charge in [-0.3, -0.25) is 4.79 Å². The molecule has 0 radical (unpaired) electrons. The van der Waals surface area contributed by atoms with Crippen LogP contribution in [-0.2, 0) is 6.42 Å². The van der Waals surface area contributed by atoms with E-state index in [1.54, 1.807) is 28.9 Å². The molecule has 3 heterocycles. The lowest BCUT2D eigenvalue weighted by atomic mass is 10.1. The van der Waals surface area contributed by atoms with Crippen molar-refractivity contribution < 1.29 is 4.79 Å². The molecule has 3 aromatic heterocycles. The molecule has 5 aromatic rings. The van der Waals surface area contributed by atoms with Gasteiger partial charge in [-0.25, -0.2) is 4.98 Å².